The molecule has 1 rings (SSSR count). The van der Waals surface area contributed by atoms with Crippen LogP contribution in [0.4, 0.5) is 0 Å². The predicted octanol–water partition coefficient (Wildman–Crippen LogP) is 3.33. The molecule has 0 saturated carbocycles. The van der Waals surface area contributed by atoms with Crippen molar-refractivity contribution in [2.45, 2.75) is 58.9 Å². The number of nitrogens with one attached hydrogen (secondary N) is 1. The summed E-state index contributed by atoms with van der Waals surface area (Å²) in [6.07, 6.45) is 7.64. The molecular formula is C15H27N3O. The van der Waals surface area contributed by atoms with Gasteiger partial charge in [-0.2, -0.15) is 5.10 Å². The Morgan fingerprint density at radius 3 is 2.47 bits per heavy atom. The van der Waals surface area contributed by atoms with Crippen LogP contribution in [0.2, 0.25) is 0 Å². The standard InChI is InChI=1S/C15H27N3O/c1-3-5-6-7-8-9-12-19-15-11-10-14(17-18-15)13-16-4-2/h10-11,16H,3-9,12-13H2,1-2H3. The number of hydrogen-bond acceptors (Lipinski definition) is 4. The minimum Gasteiger partial charge on any atom is -0.477 e. The lowest BCUT2D eigenvalue weighted by atomic mass is 10.1. The Bertz CT molecular complexity index is 314. The molecule has 0 aliphatic carbocycles. The van der Waals surface area contributed by atoms with Gasteiger partial charge in [-0.25, -0.2) is 0 Å². The van der Waals surface area contributed by atoms with E-state index in [-0.39, 0.29) is 0 Å². The largest absolute Gasteiger partial charge is 0.477 e. The van der Waals surface area contributed by atoms with Gasteiger partial charge in [-0.05, 0) is 19.0 Å². The molecule has 1 N–H and O–H groups in total. The van der Waals surface area contributed by atoms with E-state index in [1.165, 1.54) is 32.1 Å². The molecule has 4 heteroatoms. The molecule has 0 aliphatic rings. The van der Waals surface area contributed by atoms with Gasteiger partial charge >= 0.3 is 0 Å². The number of unbranched alkanes of at least 4 members (excludes halogenated alkanes) is 5. The van der Waals surface area contributed by atoms with Crippen molar-refractivity contribution in [3.8, 4) is 5.88 Å². The maximum Gasteiger partial charge on any atom is 0.233 e. The van der Waals surface area contributed by atoms with Gasteiger partial charge in [0, 0.05) is 12.6 Å². The summed E-state index contributed by atoms with van der Waals surface area (Å²) in [6.45, 7) is 6.76. The molecule has 4 nitrogen and oxygen atoms in total. The molecule has 108 valence electrons. The van der Waals surface area contributed by atoms with Crippen LogP contribution in [0.15, 0.2) is 12.1 Å². The first-order chi connectivity index (χ1) is 9.36. The first-order valence-corrected chi connectivity index (χ1v) is 7.53. The van der Waals surface area contributed by atoms with Crippen molar-refractivity contribution >= 4 is 0 Å². The van der Waals surface area contributed by atoms with Crippen LogP contribution in [-0.2, 0) is 6.54 Å². The summed E-state index contributed by atoms with van der Waals surface area (Å²) in [6, 6.07) is 3.86. The van der Waals surface area contributed by atoms with E-state index < -0.39 is 0 Å². The quantitative estimate of drug-likeness (QED) is 0.623. The lowest BCUT2D eigenvalue weighted by molar-refractivity contribution is 0.289. The van der Waals surface area contributed by atoms with Gasteiger partial charge in [0.15, 0.2) is 0 Å². The number of ether oxygens (including phenoxy) is 1. The van der Waals surface area contributed by atoms with Crippen LogP contribution in [0.1, 0.15) is 58.1 Å². The molecule has 0 amide bonds. The van der Waals surface area contributed by atoms with Gasteiger partial charge < -0.3 is 10.1 Å². The van der Waals surface area contributed by atoms with Crippen molar-refractivity contribution < 1.29 is 4.74 Å². The van der Waals surface area contributed by atoms with Gasteiger partial charge in [-0.1, -0.05) is 46.0 Å². The van der Waals surface area contributed by atoms with E-state index >= 15 is 0 Å². The molecule has 0 unspecified atom stereocenters. The van der Waals surface area contributed by atoms with Crippen molar-refractivity contribution in [3.63, 3.8) is 0 Å². The van der Waals surface area contributed by atoms with Crippen LogP contribution in [0.3, 0.4) is 0 Å². The third-order valence-corrected chi connectivity index (χ3v) is 3.00. The Labute approximate surface area is 117 Å². The van der Waals surface area contributed by atoms with Crippen LogP contribution in [-0.4, -0.2) is 23.3 Å². The highest BCUT2D eigenvalue weighted by atomic mass is 16.5. The van der Waals surface area contributed by atoms with Crippen molar-refractivity contribution in [2.24, 2.45) is 0 Å². The fourth-order valence-electron chi connectivity index (χ4n) is 1.83. The van der Waals surface area contributed by atoms with E-state index in [1.54, 1.807) is 0 Å². The second-order valence-corrected chi connectivity index (χ2v) is 4.76. The van der Waals surface area contributed by atoms with Gasteiger partial charge in [0.2, 0.25) is 5.88 Å². The highest BCUT2D eigenvalue weighted by molar-refractivity contribution is 5.11. The summed E-state index contributed by atoms with van der Waals surface area (Å²) in [5, 5.41) is 11.4. The molecule has 19 heavy (non-hydrogen) atoms. The van der Waals surface area contributed by atoms with Gasteiger partial charge in [0.1, 0.15) is 0 Å². The molecule has 1 aromatic rings. The molecule has 0 aromatic carbocycles. The minimum atomic E-state index is 0.633. The first kappa shape index (κ1) is 15.9. The Morgan fingerprint density at radius 1 is 1.00 bits per heavy atom. The van der Waals surface area contributed by atoms with E-state index in [1.807, 2.05) is 12.1 Å². The zero-order chi connectivity index (χ0) is 13.8. The molecule has 0 fully saturated rings. The number of aromatic nitrogens is 2. The Kier molecular flexibility index (Phi) is 8.98. The maximum atomic E-state index is 5.58. The number of nitrogens with zero attached hydrogens (tertiary/aromatic N) is 2. The molecular weight excluding hydrogens is 238 g/mol. The van der Waals surface area contributed by atoms with Gasteiger partial charge in [-0.3, -0.25) is 0 Å². The summed E-state index contributed by atoms with van der Waals surface area (Å²) in [7, 11) is 0. The fraction of sp³-hybridized carbons (Fsp3) is 0.733. The molecule has 1 heterocycles. The first-order valence-electron chi connectivity index (χ1n) is 7.53. The molecule has 0 radical (unpaired) electrons. The van der Waals surface area contributed by atoms with Gasteiger partial charge in [-0.15, -0.1) is 5.10 Å². The van der Waals surface area contributed by atoms with E-state index in [9.17, 15) is 0 Å². The fourth-order valence-corrected chi connectivity index (χ4v) is 1.83. The van der Waals surface area contributed by atoms with Crippen LogP contribution < -0.4 is 10.1 Å². The molecule has 0 aliphatic heterocycles. The number of rotatable bonds is 11. The zero-order valence-corrected chi connectivity index (χ0v) is 12.3. The molecule has 0 spiro atoms. The van der Waals surface area contributed by atoms with E-state index in [4.69, 9.17) is 4.74 Å². The SMILES string of the molecule is CCCCCCCCOc1ccc(CNCC)nn1. The molecule has 0 saturated heterocycles. The summed E-state index contributed by atoms with van der Waals surface area (Å²) in [5.41, 5.74) is 0.953. The van der Waals surface area contributed by atoms with Crippen molar-refractivity contribution in [1.82, 2.24) is 15.5 Å². The summed E-state index contributed by atoms with van der Waals surface area (Å²) in [4.78, 5) is 0. The van der Waals surface area contributed by atoms with Crippen LogP contribution in [0.5, 0.6) is 5.88 Å². The third kappa shape index (κ3) is 7.78. The summed E-state index contributed by atoms with van der Waals surface area (Å²) < 4.78 is 5.58. The number of hydrogen-bond donors (Lipinski definition) is 1. The minimum absolute atomic E-state index is 0.633. The summed E-state index contributed by atoms with van der Waals surface area (Å²) in [5.74, 6) is 0.633. The highest BCUT2D eigenvalue weighted by Crippen LogP contribution is 2.08. The second-order valence-electron chi connectivity index (χ2n) is 4.76. The second kappa shape index (κ2) is 10.7. The van der Waals surface area contributed by atoms with Crippen LogP contribution in [0, 0.1) is 0 Å². The zero-order valence-electron chi connectivity index (χ0n) is 12.3. The van der Waals surface area contributed by atoms with Crippen LogP contribution >= 0.6 is 0 Å². The van der Waals surface area contributed by atoms with E-state index in [0.29, 0.717) is 5.88 Å². The van der Waals surface area contributed by atoms with E-state index in [0.717, 1.165) is 31.8 Å². The molecule has 0 atom stereocenters. The normalized spacial score (nSPS) is 10.6. The Morgan fingerprint density at radius 2 is 1.79 bits per heavy atom. The van der Waals surface area contributed by atoms with Crippen LogP contribution in [0.25, 0.3) is 0 Å². The smallest absolute Gasteiger partial charge is 0.233 e. The topological polar surface area (TPSA) is 47.0 Å². The lowest BCUT2D eigenvalue weighted by Gasteiger charge is -2.05. The Balaban J connectivity index is 2.09. The lowest BCUT2D eigenvalue weighted by Crippen LogP contribution is -2.13. The summed E-state index contributed by atoms with van der Waals surface area (Å²) >= 11 is 0. The van der Waals surface area contributed by atoms with E-state index in [2.05, 4.69) is 29.4 Å². The molecule has 1 aromatic heterocycles. The molecule has 0 bridgehead atoms. The third-order valence-electron chi connectivity index (χ3n) is 3.00. The van der Waals surface area contributed by atoms with Gasteiger partial charge in [0.25, 0.3) is 0 Å². The Hall–Kier alpha value is -1.16. The van der Waals surface area contributed by atoms with Crippen molar-refractivity contribution in [3.05, 3.63) is 17.8 Å². The van der Waals surface area contributed by atoms with Gasteiger partial charge in [0.05, 0.1) is 12.3 Å². The monoisotopic (exact) mass is 265 g/mol. The average Bonchev–Trinajstić information content (AvgIpc) is 2.45. The highest BCUT2D eigenvalue weighted by Gasteiger charge is 1.98. The van der Waals surface area contributed by atoms with Crippen molar-refractivity contribution in [1.29, 1.82) is 0 Å². The predicted molar refractivity (Wildman–Crippen MR) is 78.3 cm³/mol. The maximum absolute atomic E-state index is 5.58. The average molecular weight is 265 g/mol. The van der Waals surface area contributed by atoms with Crippen molar-refractivity contribution in [2.75, 3.05) is 13.2 Å².